The van der Waals surface area contributed by atoms with Gasteiger partial charge in [-0.25, -0.2) is 5.84 Å². The lowest BCUT2D eigenvalue weighted by Crippen LogP contribution is -2.49. The number of anilines is 3. The molecule has 204 valence electrons. The molecule has 0 unspecified atom stereocenters. The van der Waals surface area contributed by atoms with Crippen LogP contribution in [0, 0.1) is 0 Å². The monoisotopic (exact) mass is 571 g/mol. The molecule has 13 heteroatoms. The predicted molar refractivity (Wildman–Crippen MR) is 152 cm³/mol. The van der Waals surface area contributed by atoms with Crippen molar-refractivity contribution in [1.82, 2.24) is 14.9 Å². The number of methoxy groups -OCH3 is 2. The molecule has 2 heterocycles. The molecule has 1 fully saturated rings. The van der Waals surface area contributed by atoms with Gasteiger partial charge < -0.3 is 24.2 Å². The number of hydrazine groups is 1. The van der Waals surface area contributed by atoms with Crippen LogP contribution in [0.2, 0.25) is 10.0 Å². The number of thioether (sulfide) groups is 1. The third-order valence-corrected chi connectivity index (χ3v) is 7.31. The molecule has 2 aromatic rings. The summed E-state index contributed by atoms with van der Waals surface area (Å²) in [5.74, 6) is 9.22. The summed E-state index contributed by atoms with van der Waals surface area (Å²) in [6.45, 7) is 3.27. The molecule has 1 aromatic carbocycles. The SMILES string of the molecule is COC(CN(C)c1cc(N(N)Cc2ccc(Cl)cc2Cl)nc(N2CCN(C(=O)CCSC)CC2)n1)OC. The molecule has 1 amide bonds. The number of rotatable bonds is 12. The number of halogens is 2. The van der Waals surface area contributed by atoms with Gasteiger partial charge in [-0.15, -0.1) is 0 Å². The van der Waals surface area contributed by atoms with Crippen molar-refractivity contribution in [2.45, 2.75) is 19.3 Å². The second kappa shape index (κ2) is 14.2. The number of hydrogen-bond donors (Lipinski definition) is 1. The molecule has 2 N–H and O–H groups in total. The number of hydrogen-bond acceptors (Lipinski definition) is 10. The first-order chi connectivity index (χ1) is 17.7. The van der Waals surface area contributed by atoms with Gasteiger partial charge in [0.15, 0.2) is 12.1 Å². The number of carbonyl (C=O) groups excluding carboxylic acids is 1. The fourth-order valence-electron chi connectivity index (χ4n) is 3.87. The Hall–Kier alpha value is -2.02. The van der Waals surface area contributed by atoms with Crippen molar-refractivity contribution in [2.24, 2.45) is 5.84 Å². The van der Waals surface area contributed by atoms with Crippen LogP contribution in [0.25, 0.3) is 0 Å². The van der Waals surface area contributed by atoms with Gasteiger partial charge in [-0.3, -0.25) is 9.80 Å². The summed E-state index contributed by atoms with van der Waals surface area (Å²) in [5, 5.41) is 2.62. The standard InChI is InChI=1S/C24H35Cl2N7O3S/c1-30(16-23(35-2)36-3)20-14-21(33(27)15-17-5-6-18(25)13-19(17)26)29-24(28-20)32-10-8-31(9-11-32)22(34)7-12-37-4/h5-6,13-14,23H,7-12,15-16,27H2,1-4H3. The smallest absolute Gasteiger partial charge is 0.229 e. The van der Waals surface area contributed by atoms with E-state index < -0.39 is 6.29 Å². The normalized spacial score (nSPS) is 13.8. The number of aromatic nitrogens is 2. The van der Waals surface area contributed by atoms with E-state index in [2.05, 4.69) is 4.90 Å². The van der Waals surface area contributed by atoms with Gasteiger partial charge in [-0.05, 0) is 24.0 Å². The summed E-state index contributed by atoms with van der Waals surface area (Å²) < 4.78 is 10.7. The minimum atomic E-state index is -0.426. The van der Waals surface area contributed by atoms with Crippen molar-refractivity contribution in [1.29, 1.82) is 0 Å². The average Bonchev–Trinajstić information content (AvgIpc) is 2.91. The molecular weight excluding hydrogens is 537 g/mol. The molecule has 0 saturated carbocycles. The van der Waals surface area contributed by atoms with Crippen LogP contribution >= 0.6 is 35.0 Å². The zero-order valence-electron chi connectivity index (χ0n) is 21.7. The third kappa shape index (κ3) is 8.23. The van der Waals surface area contributed by atoms with Crippen molar-refractivity contribution in [3.8, 4) is 0 Å². The number of amides is 1. The van der Waals surface area contributed by atoms with E-state index in [-0.39, 0.29) is 5.91 Å². The van der Waals surface area contributed by atoms with Gasteiger partial charge >= 0.3 is 0 Å². The van der Waals surface area contributed by atoms with E-state index in [4.69, 9.17) is 48.5 Å². The highest BCUT2D eigenvalue weighted by Gasteiger charge is 2.24. The van der Waals surface area contributed by atoms with Crippen LogP contribution in [-0.2, 0) is 20.8 Å². The Kier molecular flexibility index (Phi) is 11.4. The summed E-state index contributed by atoms with van der Waals surface area (Å²) >= 11 is 14.1. The molecule has 10 nitrogen and oxygen atoms in total. The molecule has 1 saturated heterocycles. The Morgan fingerprint density at radius 1 is 1.14 bits per heavy atom. The van der Waals surface area contributed by atoms with Crippen molar-refractivity contribution in [2.75, 3.05) is 80.8 Å². The molecule has 1 aliphatic heterocycles. The maximum absolute atomic E-state index is 12.5. The van der Waals surface area contributed by atoms with Crippen molar-refractivity contribution >= 4 is 58.5 Å². The van der Waals surface area contributed by atoms with E-state index in [9.17, 15) is 4.79 Å². The number of carbonyl (C=O) groups is 1. The van der Waals surface area contributed by atoms with Crippen molar-refractivity contribution in [3.05, 3.63) is 39.9 Å². The highest BCUT2D eigenvalue weighted by molar-refractivity contribution is 7.98. The van der Waals surface area contributed by atoms with Gasteiger partial charge in [0.05, 0.1) is 13.1 Å². The summed E-state index contributed by atoms with van der Waals surface area (Å²) in [6.07, 6.45) is 2.13. The Balaban J connectivity index is 1.83. The van der Waals surface area contributed by atoms with E-state index in [1.54, 1.807) is 38.1 Å². The largest absolute Gasteiger partial charge is 0.354 e. The number of nitrogens with zero attached hydrogens (tertiary/aromatic N) is 6. The van der Waals surface area contributed by atoms with E-state index in [1.807, 2.05) is 35.2 Å². The highest BCUT2D eigenvalue weighted by Crippen LogP contribution is 2.26. The minimum absolute atomic E-state index is 0.183. The maximum Gasteiger partial charge on any atom is 0.229 e. The van der Waals surface area contributed by atoms with Gasteiger partial charge in [0, 0.05) is 75.7 Å². The zero-order valence-corrected chi connectivity index (χ0v) is 24.0. The lowest BCUT2D eigenvalue weighted by Gasteiger charge is -2.35. The number of ether oxygens (including phenoxy) is 2. The summed E-state index contributed by atoms with van der Waals surface area (Å²) in [5.41, 5.74) is 0.819. The van der Waals surface area contributed by atoms with Crippen molar-refractivity contribution < 1.29 is 14.3 Å². The summed E-state index contributed by atoms with van der Waals surface area (Å²) in [7, 11) is 5.09. The Morgan fingerprint density at radius 3 is 2.43 bits per heavy atom. The Bertz CT molecular complexity index is 1040. The van der Waals surface area contributed by atoms with E-state index >= 15 is 0 Å². The molecule has 0 bridgehead atoms. The van der Waals surface area contributed by atoms with Gasteiger partial charge in [0.1, 0.15) is 5.82 Å². The molecule has 0 atom stereocenters. The molecule has 0 aliphatic carbocycles. The zero-order chi connectivity index (χ0) is 26.9. The lowest BCUT2D eigenvalue weighted by molar-refractivity contribution is -0.131. The fraction of sp³-hybridized carbons (Fsp3) is 0.542. The van der Waals surface area contributed by atoms with Gasteiger partial charge in [-0.1, -0.05) is 29.3 Å². The number of benzene rings is 1. The summed E-state index contributed by atoms with van der Waals surface area (Å²) in [4.78, 5) is 28.0. The number of nitrogens with two attached hydrogens (primary N) is 1. The minimum Gasteiger partial charge on any atom is -0.354 e. The van der Waals surface area contributed by atoms with Gasteiger partial charge in [0.25, 0.3) is 0 Å². The van der Waals surface area contributed by atoms with Crippen LogP contribution in [0.1, 0.15) is 12.0 Å². The highest BCUT2D eigenvalue weighted by atomic mass is 35.5. The Labute approximate surface area is 232 Å². The predicted octanol–water partition coefficient (Wildman–Crippen LogP) is 3.12. The quantitative estimate of drug-likeness (QED) is 0.232. The lowest BCUT2D eigenvalue weighted by atomic mass is 10.2. The van der Waals surface area contributed by atoms with Crippen molar-refractivity contribution in [3.63, 3.8) is 0 Å². The molecule has 37 heavy (non-hydrogen) atoms. The van der Waals surface area contributed by atoms with E-state index in [0.29, 0.717) is 73.3 Å². The average molecular weight is 573 g/mol. The molecule has 0 spiro atoms. The first-order valence-electron chi connectivity index (χ1n) is 11.9. The topological polar surface area (TPSA) is 100 Å². The first kappa shape index (κ1) is 29.5. The van der Waals surface area contributed by atoms with E-state index in [0.717, 1.165) is 11.3 Å². The Morgan fingerprint density at radius 2 is 1.81 bits per heavy atom. The number of likely N-dealkylation sites (N-methyl/N-ethyl adjacent to an activating group) is 1. The van der Waals surface area contributed by atoms with Crippen LogP contribution in [-0.4, -0.2) is 93.1 Å². The molecule has 1 aromatic heterocycles. The van der Waals surface area contributed by atoms with Gasteiger partial charge in [-0.2, -0.15) is 21.7 Å². The summed E-state index contributed by atoms with van der Waals surface area (Å²) in [6, 6.07) is 7.12. The number of piperazine rings is 1. The second-order valence-electron chi connectivity index (χ2n) is 8.64. The molecule has 1 aliphatic rings. The second-order valence-corrected chi connectivity index (χ2v) is 10.5. The van der Waals surface area contributed by atoms with E-state index in [1.165, 1.54) is 5.01 Å². The molecular formula is C24H35Cl2N7O3S. The fourth-order valence-corrected chi connectivity index (χ4v) is 4.72. The molecule has 3 rings (SSSR count). The third-order valence-electron chi connectivity index (χ3n) is 6.11. The van der Waals surface area contributed by atoms with Crippen LogP contribution in [0.3, 0.4) is 0 Å². The van der Waals surface area contributed by atoms with Crippen LogP contribution < -0.4 is 20.7 Å². The van der Waals surface area contributed by atoms with Crippen LogP contribution in [0.5, 0.6) is 0 Å². The molecule has 0 radical (unpaired) electrons. The van der Waals surface area contributed by atoms with Crippen LogP contribution in [0.15, 0.2) is 24.3 Å². The first-order valence-corrected chi connectivity index (χ1v) is 14.0. The maximum atomic E-state index is 12.5. The van der Waals surface area contributed by atoms with Gasteiger partial charge in [0.2, 0.25) is 11.9 Å². The van der Waals surface area contributed by atoms with Crippen LogP contribution in [0.4, 0.5) is 17.6 Å².